The molecule has 0 radical (unpaired) electrons. The highest BCUT2D eigenvalue weighted by atomic mass is 35.5. The van der Waals surface area contributed by atoms with Crippen LogP contribution in [0.1, 0.15) is 5.56 Å². The molecule has 0 aromatic heterocycles. The van der Waals surface area contributed by atoms with E-state index in [0.29, 0.717) is 13.1 Å². The summed E-state index contributed by atoms with van der Waals surface area (Å²) in [7, 11) is 1.80. The molecule has 31 heavy (non-hydrogen) atoms. The second kappa shape index (κ2) is 11.5. The van der Waals surface area contributed by atoms with Crippen LogP contribution in [0.3, 0.4) is 0 Å². The van der Waals surface area contributed by atoms with E-state index in [0.717, 1.165) is 35.2 Å². The van der Waals surface area contributed by atoms with Gasteiger partial charge in [-0.15, -0.1) is 11.8 Å². The Morgan fingerprint density at radius 1 is 1.03 bits per heavy atom. The first-order valence-corrected chi connectivity index (χ1v) is 11.9. The number of carbonyl (C=O) groups excluding carboxylic acids is 2. The highest BCUT2D eigenvalue weighted by Gasteiger charge is 2.22. The van der Waals surface area contributed by atoms with Crippen LogP contribution < -0.4 is 5.32 Å². The van der Waals surface area contributed by atoms with E-state index in [2.05, 4.69) is 10.2 Å². The predicted molar refractivity (Wildman–Crippen MR) is 128 cm³/mol. The topological polar surface area (TPSA) is 55.9 Å². The fourth-order valence-corrected chi connectivity index (χ4v) is 4.25. The van der Waals surface area contributed by atoms with Crippen molar-refractivity contribution >= 4 is 40.9 Å². The molecule has 1 heterocycles. The van der Waals surface area contributed by atoms with Crippen LogP contribution >= 0.6 is 23.4 Å². The van der Waals surface area contributed by atoms with Crippen LogP contribution in [0, 0.1) is 0 Å². The fourth-order valence-electron chi connectivity index (χ4n) is 3.57. The molecular formula is C23H29ClN4O2S. The number of nitrogens with one attached hydrogen (secondary N) is 1. The number of anilines is 1. The van der Waals surface area contributed by atoms with Crippen LogP contribution in [-0.2, 0) is 16.1 Å². The molecule has 0 saturated carbocycles. The first-order valence-electron chi connectivity index (χ1n) is 10.3. The summed E-state index contributed by atoms with van der Waals surface area (Å²) in [4.78, 5) is 32.1. The number of rotatable bonds is 8. The van der Waals surface area contributed by atoms with Gasteiger partial charge in [-0.2, -0.15) is 0 Å². The van der Waals surface area contributed by atoms with Crippen LogP contribution in [0.25, 0.3) is 0 Å². The lowest BCUT2D eigenvalue weighted by Gasteiger charge is -2.35. The molecule has 0 aliphatic carbocycles. The van der Waals surface area contributed by atoms with Gasteiger partial charge in [0.25, 0.3) is 0 Å². The summed E-state index contributed by atoms with van der Waals surface area (Å²) < 4.78 is 0. The van der Waals surface area contributed by atoms with Crippen LogP contribution in [0.2, 0.25) is 5.02 Å². The van der Waals surface area contributed by atoms with Crippen molar-refractivity contribution in [1.29, 1.82) is 0 Å². The van der Waals surface area contributed by atoms with E-state index < -0.39 is 0 Å². The minimum absolute atomic E-state index is 0.0611. The number of para-hydroxylation sites is 1. The number of hydrogen-bond donors (Lipinski definition) is 1. The fraction of sp³-hybridized carbons (Fsp3) is 0.391. The molecule has 1 aliphatic rings. The van der Waals surface area contributed by atoms with Gasteiger partial charge in [0, 0.05) is 42.6 Å². The van der Waals surface area contributed by atoms with Gasteiger partial charge in [0.1, 0.15) is 0 Å². The molecule has 1 aliphatic heterocycles. The summed E-state index contributed by atoms with van der Waals surface area (Å²) in [5.41, 5.74) is 2.02. The molecule has 0 unspecified atom stereocenters. The third-order valence-electron chi connectivity index (χ3n) is 5.24. The number of carbonyl (C=O) groups is 2. The molecule has 3 rings (SSSR count). The number of thioether (sulfide) groups is 1. The first-order chi connectivity index (χ1) is 14.9. The standard InChI is InChI=1S/C23H29ClN4O2S/c1-26(16-22(29)25-20-5-3-4-6-21(20)31-2)17-23(30)28-13-11-27(12-14-28)15-18-7-9-19(24)10-8-18/h3-10H,11-17H2,1-2H3,(H,25,29). The Kier molecular flexibility index (Phi) is 8.78. The number of piperazine rings is 1. The Bertz CT molecular complexity index is 885. The number of likely N-dealkylation sites (N-methyl/N-ethyl adjacent to an activating group) is 1. The maximum absolute atomic E-state index is 12.7. The molecule has 2 amide bonds. The summed E-state index contributed by atoms with van der Waals surface area (Å²) in [5, 5.41) is 3.68. The van der Waals surface area contributed by atoms with Gasteiger partial charge in [0.05, 0.1) is 18.8 Å². The van der Waals surface area contributed by atoms with Crippen molar-refractivity contribution < 1.29 is 9.59 Å². The lowest BCUT2D eigenvalue weighted by atomic mass is 10.2. The molecule has 0 bridgehead atoms. The minimum atomic E-state index is -0.121. The van der Waals surface area contributed by atoms with Crippen LogP contribution in [0.4, 0.5) is 5.69 Å². The second-order valence-corrected chi connectivity index (χ2v) is 8.99. The van der Waals surface area contributed by atoms with Crippen molar-refractivity contribution in [2.45, 2.75) is 11.4 Å². The summed E-state index contributed by atoms with van der Waals surface area (Å²) in [6.07, 6.45) is 1.98. The number of amides is 2. The Labute approximate surface area is 193 Å². The Hall–Kier alpha value is -2.06. The summed E-state index contributed by atoms with van der Waals surface area (Å²) in [5.74, 6) is -0.0597. The molecule has 1 saturated heterocycles. The zero-order valence-corrected chi connectivity index (χ0v) is 19.6. The second-order valence-electron chi connectivity index (χ2n) is 7.70. The molecule has 2 aromatic rings. The smallest absolute Gasteiger partial charge is 0.238 e. The van der Waals surface area contributed by atoms with Gasteiger partial charge in [-0.25, -0.2) is 0 Å². The number of hydrogen-bond acceptors (Lipinski definition) is 5. The average molecular weight is 461 g/mol. The molecule has 0 atom stereocenters. The van der Waals surface area contributed by atoms with Crippen molar-refractivity contribution in [3.63, 3.8) is 0 Å². The highest BCUT2D eigenvalue weighted by Crippen LogP contribution is 2.24. The molecule has 8 heteroatoms. The van der Waals surface area contributed by atoms with E-state index in [9.17, 15) is 9.59 Å². The van der Waals surface area contributed by atoms with E-state index in [1.54, 1.807) is 23.7 Å². The summed E-state index contributed by atoms with van der Waals surface area (Å²) in [6, 6.07) is 15.6. The maximum atomic E-state index is 12.7. The third kappa shape index (κ3) is 7.25. The van der Waals surface area contributed by atoms with Crippen molar-refractivity contribution in [3.05, 3.63) is 59.1 Å². The van der Waals surface area contributed by atoms with Crippen molar-refractivity contribution in [2.75, 3.05) is 57.9 Å². The van der Waals surface area contributed by atoms with E-state index in [-0.39, 0.29) is 24.9 Å². The van der Waals surface area contributed by atoms with Gasteiger partial charge >= 0.3 is 0 Å². The normalized spacial score (nSPS) is 14.6. The maximum Gasteiger partial charge on any atom is 0.238 e. The Balaban J connectivity index is 1.40. The molecular weight excluding hydrogens is 432 g/mol. The molecule has 1 N–H and O–H groups in total. The molecule has 1 fully saturated rings. The Morgan fingerprint density at radius 3 is 2.39 bits per heavy atom. The van der Waals surface area contributed by atoms with E-state index >= 15 is 0 Å². The van der Waals surface area contributed by atoms with E-state index in [4.69, 9.17) is 11.6 Å². The van der Waals surface area contributed by atoms with Crippen LogP contribution in [0.15, 0.2) is 53.4 Å². The van der Waals surface area contributed by atoms with Gasteiger partial charge in [0.2, 0.25) is 11.8 Å². The number of halogens is 1. The zero-order valence-electron chi connectivity index (χ0n) is 18.0. The SMILES string of the molecule is CSc1ccccc1NC(=O)CN(C)CC(=O)N1CCN(Cc2ccc(Cl)cc2)CC1. The van der Waals surface area contributed by atoms with Gasteiger partial charge in [-0.1, -0.05) is 35.9 Å². The minimum Gasteiger partial charge on any atom is -0.339 e. The lowest BCUT2D eigenvalue weighted by Crippen LogP contribution is -2.51. The van der Waals surface area contributed by atoms with Crippen LogP contribution in [-0.4, -0.2) is 79.1 Å². The monoisotopic (exact) mass is 460 g/mol. The number of benzene rings is 2. The van der Waals surface area contributed by atoms with E-state index in [1.807, 2.05) is 59.7 Å². The molecule has 166 valence electrons. The van der Waals surface area contributed by atoms with Crippen molar-refractivity contribution in [2.24, 2.45) is 0 Å². The van der Waals surface area contributed by atoms with Gasteiger partial charge in [-0.05, 0) is 43.1 Å². The van der Waals surface area contributed by atoms with E-state index in [1.165, 1.54) is 5.56 Å². The molecule has 6 nitrogen and oxygen atoms in total. The summed E-state index contributed by atoms with van der Waals surface area (Å²) >= 11 is 7.54. The quantitative estimate of drug-likeness (QED) is 0.613. The van der Waals surface area contributed by atoms with Gasteiger partial charge in [0.15, 0.2) is 0 Å². The van der Waals surface area contributed by atoms with Crippen LogP contribution in [0.5, 0.6) is 0 Å². The number of nitrogens with zero attached hydrogens (tertiary/aromatic N) is 3. The zero-order chi connectivity index (χ0) is 22.2. The predicted octanol–water partition coefficient (Wildman–Crippen LogP) is 3.28. The lowest BCUT2D eigenvalue weighted by molar-refractivity contribution is -0.134. The first kappa shape index (κ1) is 23.6. The largest absolute Gasteiger partial charge is 0.339 e. The van der Waals surface area contributed by atoms with Gasteiger partial charge < -0.3 is 10.2 Å². The highest BCUT2D eigenvalue weighted by molar-refractivity contribution is 7.98. The molecule has 0 spiro atoms. The average Bonchev–Trinajstić information content (AvgIpc) is 2.76. The third-order valence-corrected chi connectivity index (χ3v) is 6.29. The summed E-state index contributed by atoms with van der Waals surface area (Å²) in [6.45, 7) is 4.34. The Morgan fingerprint density at radius 2 is 1.71 bits per heavy atom. The van der Waals surface area contributed by atoms with Crippen molar-refractivity contribution in [1.82, 2.24) is 14.7 Å². The van der Waals surface area contributed by atoms with Crippen molar-refractivity contribution in [3.8, 4) is 0 Å². The molecule has 2 aromatic carbocycles. The van der Waals surface area contributed by atoms with Gasteiger partial charge in [-0.3, -0.25) is 19.4 Å².